The van der Waals surface area contributed by atoms with Gasteiger partial charge >= 0.3 is 0 Å². The topological polar surface area (TPSA) is 63.6 Å². The number of carbonyl (C=O) groups is 2. The molecule has 6 heteroatoms. The fourth-order valence-corrected chi connectivity index (χ4v) is 3.91. The molecular formula is C24H25N3O3. The van der Waals surface area contributed by atoms with Gasteiger partial charge < -0.3 is 19.5 Å². The van der Waals surface area contributed by atoms with Crippen LogP contribution >= 0.6 is 0 Å². The van der Waals surface area contributed by atoms with Gasteiger partial charge in [0.25, 0.3) is 0 Å². The quantitative estimate of drug-likeness (QED) is 0.698. The van der Waals surface area contributed by atoms with Crippen LogP contribution in [0.15, 0.2) is 60.7 Å². The minimum atomic E-state index is -0.381. The number of hydrogen-bond donors (Lipinski definition) is 1. The molecule has 0 unspecified atom stereocenters. The number of methoxy groups -OCH3 is 1. The molecule has 1 aliphatic rings. The predicted molar refractivity (Wildman–Crippen MR) is 117 cm³/mol. The first-order valence-electron chi connectivity index (χ1n) is 9.97. The lowest BCUT2D eigenvalue weighted by molar-refractivity contribution is -0.122. The largest absolute Gasteiger partial charge is 0.497 e. The second kappa shape index (κ2) is 8.06. The highest BCUT2D eigenvalue weighted by atomic mass is 16.5. The fraction of sp³-hybridized carbons (Fsp3) is 0.250. The van der Waals surface area contributed by atoms with E-state index in [0.717, 1.165) is 34.2 Å². The molecule has 0 radical (unpaired) electrons. The molecule has 1 saturated heterocycles. The number of benzene rings is 2. The molecule has 1 fully saturated rings. The Morgan fingerprint density at radius 3 is 2.13 bits per heavy atom. The van der Waals surface area contributed by atoms with Gasteiger partial charge in [-0.2, -0.15) is 0 Å². The van der Waals surface area contributed by atoms with Gasteiger partial charge in [0, 0.05) is 41.4 Å². The predicted octanol–water partition coefficient (Wildman–Crippen LogP) is 4.09. The Morgan fingerprint density at radius 1 is 0.933 bits per heavy atom. The van der Waals surface area contributed by atoms with Crippen molar-refractivity contribution in [1.29, 1.82) is 0 Å². The Hall–Kier alpha value is -3.54. The second-order valence-corrected chi connectivity index (χ2v) is 7.59. The molecule has 0 aliphatic carbocycles. The third kappa shape index (κ3) is 3.81. The molecule has 3 aromatic rings. The van der Waals surface area contributed by atoms with Crippen molar-refractivity contribution >= 4 is 23.2 Å². The molecule has 154 valence electrons. The van der Waals surface area contributed by atoms with E-state index in [1.807, 2.05) is 48.5 Å². The summed E-state index contributed by atoms with van der Waals surface area (Å²) in [5.41, 5.74) is 4.87. The van der Waals surface area contributed by atoms with Crippen molar-refractivity contribution in [3.8, 4) is 11.4 Å². The van der Waals surface area contributed by atoms with Crippen LogP contribution in [0.2, 0.25) is 0 Å². The molecule has 1 N–H and O–H groups in total. The van der Waals surface area contributed by atoms with Crippen LogP contribution in [0.25, 0.3) is 5.69 Å². The van der Waals surface area contributed by atoms with E-state index in [1.54, 1.807) is 12.0 Å². The van der Waals surface area contributed by atoms with E-state index in [0.29, 0.717) is 6.54 Å². The second-order valence-electron chi connectivity index (χ2n) is 7.59. The summed E-state index contributed by atoms with van der Waals surface area (Å²) in [6.07, 6.45) is 0.206. The Balaban J connectivity index is 1.42. The van der Waals surface area contributed by atoms with Crippen LogP contribution in [0.4, 0.5) is 11.4 Å². The lowest BCUT2D eigenvalue weighted by atomic mass is 10.1. The van der Waals surface area contributed by atoms with Crippen molar-refractivity contribution in [3.63, 3.8) is 0 Å². The van der Waals surface area contributed by atoms with Crippen LogP contribution in [-0.4, -0.2) is 30.0 Å². The SMILES string of the molecule is COc1ccc(N2C[C@H](C(=O)Nc3ccc(-n4c(C)ccc4C)cc3)CC2=O)cc1. The van der Waals surface area contributed by atoms with Gasteiger partial charge in [-0.05, 0) is 74.5 Å². The number of hydrogen-bond acceptors (Lipinski definition) is 3. The number of rotatable bonds is 5. The molecule has 6 nitrogen and oxygen atoms in total. The van der Waals surface area contributed by atoms with Gasteiger partial charge in [0.15, 0.2) is 0 Å². The van der Waals surface area contributed by atoms with E-state index in [9.17, 15) is 9.59 Å². The molecule has 1 atom stereocenters. The van der Waals surface area contributed by atoms with Crippen LogP contribution in [0.5, 0.6) is 5.75 Å². The summed E-state index contributed by atoms with van der Waals surface area (Å²) >= 11 is 0. The molecular weight excluding hydrogens is 378 g/mol. The number of carbonyl (C=O) groups excluding carboxylic acids is 2. The first-order valence-corrected chi connectivity index (χ1v) is 9.97. The zero-order valence-corrected chi connectivity index (χ0v) is 17.4. The number of nitrogens with one attached hydrogen (secondary N) is 1. The maximum absolute atomic E-state index is 12.7. The van der Waals surface area contributed by atoms with Crippen LogP contribution in [0.3, 0.4) is 0 Å². The molecule has 1 aliphatic heterocycles. The number of ether oxygens (including phenoxy) is 1. The maximum atomic E-state index is 12.7. The highest BCUT2D eigenvalue weighted by Crippen LogP contribution is 2.28. The number of anilines is 2. The summed E-state index contributed by atoms with van der Waals surface area (Å²) in [7, 11) is 1.60. The normalized spacial score (nSPS) is 16.0. The van der Waals surface area contributed by atoms with Crippen molar-refractivity contribution in [3.05, 3.63) is 72.1 Å². The summed E-state index contributed by atoms with van der Waals surface area (Å²) in [6.45, 7) is 4.50. The van der Waals surface area contributed by atoms with E-state index in [2.05, 4.69) is 35.9 Å². The third-order valence-electron chi connectivity index (χ3n) is 5.54. The van der Waals surface area contributed by atoms with Crippen molar-refractivity contribution in [2.24, 2.45) is 5.92 Å². The summed E-state index contributed by atoms with van der Waals surface area (Å²) in [6, 6.07) is 19.2. The van der Waals surface area contributed by atoms with Crippen molar-refractivity contribution in [1.82, 2.24) is 4.57 Å². The van der Waals surface area contributed by atoms with Crippen LogP contribution in [-0.2, 0) is 9.59 Å². The molecule has 2 amide bonds. The Labute approximate surface area is 176 Å². The Kier molecular flexibility index (Phi) is 5.31. The summed E-state index contributed by atoms with van der Waals surface area (Å²) in [4.78, 5) is 26.8. The molecule has 30 heavy (non-hydrogen) atoms. The molecule has 2 heterocycles. The van der Waals surface area contributed by atoms with Gasteiger partial charge in [-0.3, -0.25) is 9.59 Å². The minimum Gasteiger partial charge on any atom is -0.497 e. The summed E-state index contributed by atoms with van der Waals surface area (Å²) in [5.74, 6) is 0.163. The first-order chi connectivity index (χ1) is 14.5. The molecule has 0 spiro atoms. The molecule has 4 rings (SSSR count). The summed E-state index contributed by atoms with van der Waals surface area (Å²) < 4.78 is 7.32. The summed E-state index contributed by atoms with van der Waals surface area (Å²) in [5, 5.41) is 2.95. The highest BCUT2D eigenvalue weighted by Gasteiger charge is 2.35. The van der Waals surface area contributed by atoms with Gasteiger partial charge in [0.05, 0.1) is 13.0 Å². The molecule has 1 aromatic heterocycles. The zero-order valence-electron chi connectivity index (χ0n) is 17.4. The van der Waals surface area contributed by atoms with Gasteiger partial charge in [0.1, 0.15) is 5.75 Å². The van der Waals surface area contributed by atoms with Crippen molar-refractivity contribution in [2.45, 2.75) is 20.3 Å². The smallest absolute Gasteiger partial charge is 0.229 e. The Bertz CT molecular complexity index is 1050. The van der Waals surface area contributed by atoms with Crippen molar-refractivity contribution in [2.75, 3.05) is 23.9 Å². The van der Waals surface area contributed by atoms with Gasteiger partial charge in [0.2, 0.25) is 11.8 Å². The Morgan fingerprint density at radius 2 is 1.53 bits per heavy atom. The first kappa shape index (κ1) is 19.8. The highest BCUT2D eigenvalue weighted by molar-refractivity contribution is 6.03. The maximum Gasteiger partial charge on any atom is 0.229 e. The van der Waals surface area contributed by atoms with Crippen LogP contribution < -0.4 is 15.0 Å². The number of amides is 2. The molecule has 0 bridgehead atoms. The number of nitrogens with zero attached hydrogens (tertiary/aromatic N) is 2. The van der Waals surface area contributed by atoms with E-state index < -0.39 is 0 Å². The standard InChI is InChI=1S/C24H25N3O3/c1-16-4-5-17(2)27(16)21-8-6-19(7-9-21)25-24(29)18-14-23(28)26(15-18)20-10-12-22(30-3)13-11-20/h4-13,18H,14-15H2,1-3H3,(H,25,29)/t18-/m1/s1. The monoisotopic (exact) mass is 403 g/mol. The van der Waals surface area contributed by atoms with Crippen molar-refractivity contribution < 1.29 is 14.3 Å². The van der Waals surface area contributed by atoms with Crippen LogP contribution in [0.1, 0.15) is 17.8 Å². The van der Waals surface area contributed by atoms with E-state index in [-0.39, 0.29) is 24.2 Å². The average Bonchev–Trinajstić information content (AvgIpc) is 3.31. The lowest BCUT2D eigenvalue weighted by Crippen LogP contribution is -2.28. The molecule has 0 saturated carbocycles. The van der Waals surface area contributed by atoms with Gasteiger partial charge in [-0.15, -0.1) is 0 Å². The van der Waals surface area contributed by atoms with Crippen LogP contribution in [0, 0.1) is 19.8 Å². The lowest BCUT2D eigenvalue weighted by Gasteiger charge is -2.17. The zero-order chi connectivity index (χ0) is 21.3. The van der Waals surface area contributed by atoms with Gasteiger partial charge in [-0.1, -0.05) is 0 Å². The number of aromatic nitrogens is 1. The molecule has 2 aromatic carbocycles. The van der Waals surface area contributed by atoms with E-state index in [1.165, 1.54) is 0 Å². The average molecular weight is 403 g/mol. The minimum absolute atomic E-state index is 0.0470. The van der Waals surface area contributed by atoms with Gasteiger partial charge in [-0.25, -0.2) is 0 Å². The third-order valence-corrected chi connectivity index (χ3v) is 5.54. The number of aryl methyl sites for hydroxylation is 2. The fourth-order valence-electron chi connectivity index (χ4n) is 3.91. The van der Waals surface area contributed by atoms with E-state index in [4.69, 9.17) is 4.74 Å². The van der Waals surface area contributed by atoms with E-state index >= 15 is 0 Å².